The molecule has 1 aliphatic heterocycles. The third-order valence-corrected chi connectivity index (χ3v) is 7.31. The molecular formula is C30H26ClN3O4S. The van der Waals surface area contributed by atoms with Crippen molar-refractivity contribution in [2.75, 3.05) is 24.8 Å². The molecule has 0 fully saturated rings. The first-order chi connectivity index (χ1) is 19.0. The van der Waals surface area contributed by atoms with E-state index in [4.69, 9.17) is 21.1 Å². The van der Waals surface area contributed by atoms with E-state index in [0.717, 1.165) is 17.3 Å². The van der Waals surface area contributed by atoms with Gasteiger partial charge < -0.3 is 20.1 Å². The third kappa shape index (κ3) is 6.28. The van der Waals surface area contributed by atoms with Crippen molar-refractivity contribution in [3.05, 3.63) is 111 Å². The topological polar surface area (TPSA) is 100 Å². The lowest BCUT2D eigenvalue weighted by Crippen LogP contribution is -2.30. The van der Waals surface area contributed by atoms with Crippen LogP contribution in [-0.2, 0) is 14.3 Å². The molecule has 0 bridgehead atoms. The minimum atomic E-state index is -0.806. The van der Waals surface area contributed by atoms with Gasteiger partial charge in [0.05, 0.1) is 59.0 Å². The van der Waals surface area contributed by atoms with Gasteiger partial charge in [-0.15, -0.1) is 0 Å². The maximum atomic E-state index is 13.4. The smallest absolute Gasteiger partial charge is 0.337 e. The largest absolute Gasteiger partial charge is 0.495 e. The molecule has 3 aromatic rings. The molecule has 0 saturated heterocycles. The zero-order valence-electron chi connectivity index (χ0n) is 21.4. The van der Waals surface area contributed by atoms with Gasteiger partial charge in [0.15, 0.2) is 0 Å². The Hall–Kier alpha value is -4.19. The number of esters is 1. The van der Waals surface area contributed by atoms with Crippen LogP contribution in [-0.4, -0.2) is 31.3 Å². The number of hydrogen-bond acceptors (Lipinski definition) is 7. The molecule has 0 unspecified atom stereocenters. The summed E-state index contributed by atoms with van der Waals surface area (Å²) in [6.07, 6.45) is 0. The van der Waals surface area contributed by atoms with Crippen LogP contribution in [0.5, 0.6) is 5.75 Å². The Morgan fingerprint density at radius 2 is 1.74 bits per heavy atom. The third-order valence-electron chi connectivity index (χ3n) is 5.95. The Labute approximate surface area is 236 Å². The fourth-order valence-electron chi connectivity index (χ4n) is 4.25. The molecule has 0 saturated carbocycles. The van der Waals surface area contributed by atoms with Gasteiger partial charge in [-0.3, -0.25) is 4.79 Å². The van der Waals surface area contributed by atoms with Crippen LogP contribution in [0, 0.1) is 11.3 Å². The molecule has 3 aromatic carbocycles. The van der Waals surface area contributed by atoms with Crippen molar-refractivity contribution in [1.82, 2.24) is 5.32 Å². The molecule has 1 aliphatic rings. The predicted octanol–water partition coefficient (Wildman–Crippen LogP) is 6.12. The zero-order chi connectivity index (χ0) is 27.8. The number of carbonyl (C=O) groups excluding carboxylic acids is 2. The van der Waals surface area contributed by atoms with Crippen LogP contribution in [0.1, 0.15) is 24.0 Å². The standard InChI is InChI=1S/C30H26ClN3O4S/c1-3-38-30(36)27-26(20-13-7-8-14-22(20)31)21(17-32)29(34-28(27)19-11-5-4-6-12-19)39-18-25(35)33-23-15-9-10-16-24(23)37-2/h4-16,26,34H,3,18H2,1-2H3,(H,33,35)/t26-/m0/s1. The van der Waals surface area contributed by atoms with E-state index in [1.54, 1.807) is 49.4 Å². The highest BCUT2D eigenvalue weighted by molar-refractivity contribution is 8.03. The molecular weight excluding hydrogens is 534 g/mol. The SMILES string of the molecule is CCOC(=O)C1=C(c2ccccc2)NC(SCC(=O)Nc2ccccc2OC)=C(C#N)[C@@H]1c1ccccc1Cl. The summed E-state index contributed by atoms with van der Waals surface area (Å²) in [5, 5.41) is 17.3. The van der Waals surface area contributed by atoms with Crippen LogP contribution in [0.3, 0.4) is 0 Å². The molecule has 0 aromatic heterocycles. The fourth-order valence-corrected chi connectivity index (χ4v) is 5.34. The van der Waals surface area contributed by atoms with Crippen molar-refractivity contribution < 1.29 is 19.1 Å². The van der Waals surface area contributed by atoms with E-state index >= 15 is 0 Å². The van der Waals surface area contributed by atoms with Crippen molar-refractivity contribution in [1.29, 1.82) is 5.26 Å². The van der Waals surface area contributed by atoms with E-state index in [2.05, 4.69) is 16.7 Å². The number of rotatable bonds is 9. The number of halogens is 1. The molecule has 1 heterocycles. The maximum Gasteiger partial charge on any atom is 0.337 e. The molecule has 2 N–H and O–H groups in total. The summed E-state index contributed by atoms with van der Waals surface area (Å²) in [4.78, 5) is 26.3. The van der Waals surface area contributed by atoms with Crippen LogP contribution < -0.4 is 15.4 Å². The van der Waals surface area contributed by atoms with Crippen LogP contribution >= 0.6 is 23.4 Å². The summed E-state index contributed by atoms with van der Waals surface area (Å²) in [5.41, 5.74) is 2.89. The number of thioether (sulfide) groups is 1. The molecule has 9 heteroatoms. The Morgan fingerprint density at radius 1 is 1.05 bits per heavy atom. The highest BCUT2D eigenvalue weighted by atomic mass is 35.5. The number of benzene rings is 3. The van der Waals surface area contributed by atoms with Gasteiger partial charge in [0.1, 0.15) is 5.75 Å². The van der Waals surface area contributed by atoms with Crippen LogP contribution in [0.25, 0.3) is 5.70 Å². The lowest BCUT2D eigenvalue weighted by atomic mass is 9.81. The zero-order valence-corrected chi connectivity index (χ0v) is 22.9. The first-order valence-electron chi connectivity index (χ1n) is 12.2. The Kier molecular flexibility index (Phi) is 9.31. The first kappa shape index (κ1) is 27.8. The average molecular weight is 560 g/mol. The van der Waals surface area contributed by atoms with Gasteiger partial charge in [0, 0.05) is 5.02 Å². The van der Waals surface area contributed by atoms with Gasteiger partial charge in [-0.2, -0.15) is 5.26 Å². The molecule has 1 amide bonds. The Balaban J connectivity index is 1.77. The molecule has 39 heavy (non-hydrogen) atoms. The molecule has 1 atom stereocenters. The number of nitriles is 1. The number of amides is 1. The number of dihydropyridines is 1. The van der Waals surface area contributed by atoms with E-state index in [0.29, 0.717) is 32.7 Å². The van der Waals surface area contributed by atoms with Crippen molar-refractivity contribution >= 4 is 46.6 Å². The van der Waals surface area contributed by atoms with Gasteiger partial charge in [0.25, 0.3) is 0 Å². The normalized spacial score (nSPS) is 14.8. The van der Waals surface area contributed by atoms with Crippen molar-refractivity contribution in [2.45, 2.75) is 12.8 Å². The Bertz CT molecular complexity index is 1480. The summed E-state index contributed by atoms with van der Waals surface area (Å²) in [6.45, 7) is 1.89. The van der Waals surface area contributed by atoms with E-state index in [1.807, 2.05) is 36.4 Å². The minimum absolute atomic E-state index is 0.00237. The predicted molar refractivity (Wildman–Crippen MR) is 154 cm³/mol. The van der Waals surface area contributed by atoms with Gasteiger partial charge in [-0.1, -0.05) is 84.0 Å². The summed E-state index contributed by atoms with van der Waals surface area (Å²) < 4.78 is 10.8. The van der Waals surface area contributed by atoms with Crippen LogP contribution in [0.4, 0.5) is 5.69 Å². The molecule has 0 spiro atoms. The van der Waals surface area contributed by atoms with Gasteiger partial charge in [-0.25, -0.2) is 4.79 Å². The summed E-state index contributed by atoms with van der Waals surface area (Å²) in [7, 11) is 1.53. The lowest BCUT2D eigenvalue weighted by Gasteiger charge is -2.31. The van der Waals surface area contributed by atoms with Gasteiger partial charge in [0.2, 0.25) is 5.91 Å². The average Bonchev–Trinajstić information content (AvgIpc) is 2.96. The Morgan fingerprint density at radius 3 is 2.44 bits per heavy atom. The lowest BCUT2D eigenvalue weighted by molar-refractivity contribution is -0.138. The second-order valence-electron chi connectivity index (χ2n) is 8.35. The summed E-state index contributed by atoms with van der Waals surface area (Å²) in [5.74, 6) is -1.11. The molecule has 0 radical (unpaired) electrons. The minimum Gasteiger partial charge on any atom is -0.495 e. The van der Waals surface area contributed by atoms with Gasteiger partial charge in [-0.05, 0) is 36.2 Å². The highest BCUT2D eigenvalue weighted by Crippen LogP contribution is 2.45. The highest BCUT2D eigenvalue weighted by Gasteiger charge is 2.38. The molecule has 4 rings (SSSR count). The summed E-state index contributed by atoms with van der Waals surface area (Å²) >= 11 is 7.77. The quantitative estimate of drug-likeness (QED) is 0.305. The van der Waals surface area contributed by atoms with Crippen molar-refractivity contribution in [3.63, 3.8) is 0 Å². The second kappa shape index (κ2) is 13.1. The molecule has 0 aliphatic carbocycles. The number of ether oxygens (including phenoxy) is 2. The van der Waals surface area contributed by atoms with Gasteiger partial charge >= 0.3 is 5.97 Å². The number of hydrogen-bond donors (Lipinski definition) is 2. The maximum absolute atomic E-state index is 13.4. The number of anilines is 1. The van der Waals surface area contributed by atoms with Crippen LogP contribution in [0.2, 0.25) is 5.02 Å². The number of para-hydroxylation sites is 2. The van der Waals surface area contributed by atoms with E-state index in [1.165, 1.54) is 7.11 Å². The monoisotopic (exact) mass is 559 g/mol. The fraction of sp³-hybridized carbons (Fsp3) is 0.167. The van der Waals surface area contributed by atoms with Crippen molar-refractivity contribution in [2.24, 2.45) is 0 Å². The van der Waals surface area contributed by atoms with Crippen molar-refractivity contribution in [3.8, 4) is 11.8 Å². The molecule has 7 nitrogen and oxygen atoms in total. The molecule has 198 valence electrons. The van der Waals surface area contributed by atoms with E-state index < -0.39 is 11.9 Å². The first-order valence-corrected chi connectivity index (χ1v) is 13.5. The number of allylic oxidation sites excluding steroid dienone is 1. The number of nitrogens with one attached hydrogen (secondary N) is 2. The number of carbonyl (C=O) groups is 2. The number of methoxy groups -OCH3 is 1. The van der Waals surface area contributed by atoms with E-state index in [-0.39, 0.29) is 29.4 Å². The number of nitrogens with zero attached hydrogens (tertiary/aromatic N) is 1. The van der Waals surface area contributed by atoms with Crippen LogP contribution in [0.15, 0.2) is 95.0 Å². The van der Waals surface area contributed by atoms with E-state index in [9.17, 15) is 14.9 Å². The summed E-state index contributed by atoms with van der Waals surface area (Å²) in [6, 6.07) is 25.8. The second-order valence-corrected chi connectivity index (χ2v) is 9.74.